The molecule has 0 aliphatic rings. The maximum absolute atomic E-state index is 12.6. The molecule has 9 nitrogen and oxygen atoms in total. The molecule has 3 aromatic rings. The number of para-hydroxylation sites is 1. The topological polar surface area (TPSA) is 136 Å². The highest BCUT2D eigenvalue weighted by molar-refractivity contribution is 7.08. The van der Waals surface area contributed by atoms with E-state index in [9.17, 15) is 19.5 Å². The molecule has 2 heterocycles. The van der Waals surface area contributed by atoms with Crippen LogP contribution in [0, 0.1) is 0 Å². The zero-order valence-electron chi connectivity index (χ0n) is 14.3. The molecule has 0 aliphatic heterocycles. The van der Waals surface area contributed by atoms with Crippen molar-refractivity contribution in [2.24, 2.45) is 0 Å². The Morgan fingerprint density at radius 3 is 2.61 bits per heavy atom. The van der Waals surface area contributed by atoms with E-state index in [1.807, 2.05) is 0 Å². The monoisotopic (exact) mass is 420 g/mol. The molecule has 0 saturated carbocycles. The van der Waals surface area contributed by atoms with Crippen molar-refractivity contribution in [3.05, 3.63) is 56.1 Å². The Hall–Kier alpha value is -3.37. The molecule has 0 atom stereocenters. The van der Waals surface area contributed by atoms with E-state index < -0.39 is 29.0 Å². The molecular weight excluding hydrogens is 408 g/mol. The molecule has 0 bridgehead atoms. The number of amides is 2. The molecule has 144 valence electrons. The fourth-order valence-electron chi connectivity index (χ4n) is 2.48. The van der Waals surface area contributed by atoms with Crippen LogP contribution in [0.1, 0.15) is 10.5 Å². The largest absolute Gasteiger partial charge is 0.501 e. The number of nitrogens with one attached hydrogen (secondary N) is 2. The third kappa shape index (κ3) is 3.42. The molecule has 0 fully saturated rings. The van der Waals surface area contributed by atoms with Gasteiger partial charge in [0.05, 0.1) is 22.0 Å². The van der Waals surface area contributed by atoms with Crippen molar-refractivity contribution in [1.29, 1.82) is 0 Å². The number of hydrogen-bond donors (Lipinski definition) is 4. The number of H-pyrrole nitrogens is 1. The summed E-state index contributed by atoms with van der Waals surface area (Å²) in [6, 6.07) is 6.15. The summed E-state index contributed by atoms with van der Waals surface area (Å²) >= 11 is 7.45. The highest BCUT2D eigenvalue weighted by Crippen LogP contribution is 2.39. The summed E-state index contributed by atoms with van der Waals surface area (Å²) in [5.41, 5.74) is -0.817. The quantitative estimate of drug-likeness (QED) is 0.512. The summed E-state index contributed by atoms with van der Waals surface area (Å²) < 4.78 is 0. The molecule has 4 N–H and O–H groups in total. The SMILES string of the molecule is CNC(=O)N(c1ccccc1Cl)c1cscc1-c1nc(C(=O)O)c(O)c(=O)[nH]1. The van der Waals surface area contributed by atoms with Crippen LogP contribution in [0.25, 0.3) is 11.4 Å². The molecule has 0 unspecified atom stereocenters. The van der Waals surface area contributed by atoms with E-state index in [-0.39, 0.29) is 11.4 Å². The molecule has 3 rings (SSSR count). The van der Waals surface area contributed by atoms with Gasteiger partial charge in [-0.15, -0.1) is 11.3 Å². The summed E-state index contributed by atoms with van der Waals surface area (Å²) in [4.78, 5) is 43.2. The number of rotatable bonds is 4. The van der Waals surface area contributed by atoms with Gasteiger partial charge in [-0.3, -0.25) is 9.69 Å². The number of aromatic carboxylic acids is 1. The van der Waals surface area contributed by atoms with Crippen molar-refractivity contribution in [3.8, 4) is 17.1 Å². The molecule has 0 radical (unpaired) electrons. The number of halogens is 1. The molecule has 1 aromatic carbocycles. The number of benzene rings is 1. The minimum Gasteiger partial charge on any atom is -0.501 e. The average Bonchev–Trinajstić information content (AvgIpc) is 3.14. The number of aromatic amines is 1. The van der Waals surface area contributed by atoms with Gasteiger partial charge < -0.3 is 20.5 Å². The first-order valence-electron chi connectivity index (χ1n) is 7.74. The van der Waals surface area contributed by atoms with Crippen LogP contribution in [0.5, 0.6) is 5.75 Å². The fraction of sp³-hybridized carbons (Fsp3) is 0.0588. The van der Waals surface area contributed by atoms with E-state index in [2.05, 4.69) is 15.3 Å². The van der Waals surface area contributed by atoms with Crippen molar-refractivity contribution in [2.75, 3.05) is 11.9 Å². The van der Waals surface area contributed by atoms with Crippen LogP contribution in [-0.2, 0) is 0 Å². The minimum atomic E-state index is -1.56. The van der Waals surface area contributed by atoms with Gasteiger partial charge in [-0.1, -0.05) is 23.7 Å². The molecule has 2 aromatic heterocycles. The van der Waals surface area contributed by atoms with Gasteiger partial charge >= 0.3 is 12.0 Å². The van der Waals surface area contributed by atoms with Gasteiger partial charge in [0.25, 0.3) is 5.56 Å². The number of carbonyl (C=O) groups is 2. The number of thiophene rings is 1. The normalized spacial score (nSPS) is 10.5. The number of aromatic hydroxyl groups is 1. The van der Waals surface area contributed by atoms with Crippen LogP contribution in [0.4, 0.5) is 16.2 Å². The maximum atomic E-state index is 12.6. The second-order valence-corrected chi connectivity index (χ2v) is 6.58. The van der Waals surface area contributed by atoms with E-state index in [0.717, 1.165) is 0 Å². The average molecular weight is 421 g/mol. The molecule has 0 saturated heterocycles. The third-order valence-corrected chi connectivity index (χ3v) is 4.80. The summed E-state index contributed by atoms with van der Waals surface area (Å²) in [5, 5.41) is 24.8. The molecule has 0 aliphatic carbocycles. The number of urea groups is 1. The maximum Gasteiger partial charge on any atom is 0.358 e. The minimum absolute atomic E-state index is 0.114. The lowest BCUT2D eigenvalue weighted by Gasteiger charge is -2.23. The van der Waals surface area contributed by atoms with Crippen molar-refractivity contribution >= 4 is 46.3 Å². The van der Waals surface area contributed by atoms with Crippen molar-refractivity contribution in [3.63, 3.8) is 0 Å². The van der Waals surface area contributed by atoms with Gasteiger partial charge in [-0.25, -0.2) is 14.6 Å². The lowest BCUT2D eigenvalue weighted by Crippen LogP contribution is -2.34. The second-order valence-electron chi connectivity index (χ2n) is 5.43. The predicted molar refractivity (Wildman–Crippen MR) is 105 cm³/mol. The van der Waals surface area contributed by atoms with Crippen LogP contribution in [-0.4, -0.2) is 39.2 Å². The second kappa shape index (κ2) is 7.71. The lowest BCUT2D eigenvalue weighted by molar-refractivity contribution is 0.0686. The Morgan fingerprint density at radius 1 is 1.25 bits per heavy atom. The third-order valence-electron chi connectivity index (χ3n) is 3.75. The van der Waals surface area contributed by atoms with Crippen molar-refractivity contribution < 1.29 is 19.8 Å². The smallest absolute Gasteiger partial charge is 0.358 e. The lowest BCUT2D eigenvalue weighted by atomic mass is 10.2. The van der Waals surface area contributed by atoms with E-state index in [0.29, 0.717) is 16.4 Å². The first kappa shape index (κ1) is 19.4. The van der Waals surface area contributed by atoms with E-state index in [1.54, 1.807) is 35.0 Å². The molecule has 11 heteroatoms. The zero-order valence-corrected chi connectivity index (χ0v) is 15.8. The van der Waals surface area contributed by atoms with Gasteiger partial charge in [-0.05, 0) is 12.1 Å². The Morgan fingerprint density at radius 2 is 1.96 bits per heavy atom. The van der Waals surface area contributed by atoms with Gasteiger partial charge in [0.2, 0.25) is 5.75 Å². The Balaban J connectivity index is 2.23. The van der Waals surface area contributed by atoms with E-state index in [1.165, 1.54) is 23.3 Å². The zero-order chi connectivity index (χ0) is 20.4. The highest BCUT2D eigenvalue weighted by atomic mass is 35.5. The fourth-order valence-corrected chi connectivity index (χ4v) is 3.50. The Bertz CT molecular complexity index is 1130. The molecular formula is C17H13ClN4O5S. The van der Waals surface area contributed by atoms with Gasteiger partial charge in [-0.2, -0.15) is 0 Å². The number of anilines is 2. The summed E-state index contributed by atoms with van der Waals surface area (Å²) in [5.74, 6) is -2.67. The van der Waals surface area contributed by atoms with Gasteiger partial charge in [0.1, 0.15) is 5.82 Å². The standard InChI is InChI=1S/C17H13ClN4O5S/c1-19-17(27)22(10-5-3-2-4-9(10)18)11-7-28-6-8(11)14-20-12(16(25)26)13(23)15(24)21-14/h2-7,23H,1H3,(H,19,27)(H,25,26)(H,20,21,24). The summed E-state index contributed by atoms with van der Waals surface area (Å²) in [6.45, 7) is 0. The predicted octanol–water partition coefficient (Wildman–Crippen LogP) is 3.03. The Kier molecular flexibility index (Phi) is 5.34. The molecule has 28 heavy (non-hydrogen) atoms. The first-order chi connectivity index (χ1) is 13.3. The van der Waals surface area contributed by atoms with Crippen LogP contribution in [0.15, 0.2) is 39.8 Å². The van der Waals surface area contributed by atoms with Crippen LogP contribution < -0.4 is 15.8 Å². The number of carbonyl (C=O) groups excluding carboxylic acids is 1. The van der Waals surface area contributed by atoms with Crippen LogP contribution in [0.2, 0.25) is 5.02 Å². The molecule has 2 amide bonds. The van der Waals surface area contributed by atoms with Crippen LogP contribution >= 0.6 is 22.9 Å². The number of aromatic nitrogens is 2. The first-order valence-corrected chi connectivity index (χ1v) is 9.06. The van der Waals surface area contributed by atoms with Gasteiger partial charge in [0.15, 0.2) is 5.69 Å². The number of hydrogen-bond acceptors (Lipinski definition) is 6. The van der Waals surface area contributed by atoms with Gasteiger partial charge in [0, 0.05) is 17.8 Å². The number of nitrogens with zero attached hydrogens (tertiary/aromatic N) is 2. The highest BCUT2D eigenvalue weighted by Gasteiger charge is 2.26. The van der Waals surface area contributed by atoms with Crippen molar-refractivity contribution in [1.82, 2.24) is 15.3 Å². The van der Waals surface area contributed by atoms with Crippen LogP contribution in [0.3, 0.4) is 0 Å². The number of carboxylic acid groups (broad SMARTS) is 1. The molecule has 0 spiro atoms. The van der Waals surface area contributed by atoms with E-state index in [4.69, 9.17) is 16.7 Å². The summed E-state index contributed by atoms with van der Waals surface area (Å²) in [6.07, 6.45) is 0. The summed E-state index contributed by atoms with van der Waals surface area (Å²) in [7, 11) is 1.45. The van der Waals surface area contributed by atoms with Crippen molar-refractivity contribution in [2.45, 2.75) is 0 Å². The number of carboxylic acids is 1. The Labute approximate surface area is 166 Å². The van der Waals surface area contributed by atoms with E-state index >= 15 is 0 Å².